The van der Waals surface area contributed by atoms with Crippen LogP contribution in [-0.4, -0.2) is 31.1 Å². The van der Waals surface area contributed by atoms with E-state index < -0.39 is 12.1 Å². The smallest absolute Gasteiger partial charge is 0.352 e. The molecule has 22 heavy (non-hydrogen) atoms. The number of benzene rings is 1. The van der Waals surface area contributed by atoms with Gasteiger partial charge in [0, 0.05) is 24.2 Å². The van der Waals surface area contributed by atoms with E-state index in [9.17, 15) is 22.8 Å². The second kappa shape index (κ2) is 8.43. The summed E-state index contributed by atoms with van der Waals surface area (Å²) in [6.07, 6.45) is -1.84. The normalized spacial score (nSPS) is 11.5. The van der Waals surface area contributed by atoms with Gasteiger partial charge in [0.2, 0.25) is 5.91 Å². The summed E-state index contributed by atoms with van der Waals surface area (Å²) in [6.45, 7) is -0.0204. The number of carbonyl (C=O) groups is 2. The third kappa shape index (κ3) is 7.12. The van der Waals surface area contributed by atoms with E-state index in [0.717, 1.165) is 5.56 Å². The predicted octanol–water partition coefficient (Wildman–Crippen LogP) is 2.54. The van der Waals surface area contributed by atoms with E-state index >= 15 is 0 Å². The average Bonchev–Trinajstić information content (AvgIpc) is 2.43. The molecule has 0 aliphatic heterocycles. The molecule has 0 bridgehead atoms. The highest BCUT2D eigenvalue weighted by atomic mass is 35.5. The summed E-state index contributed by atoms with van der Waals surface area (Å²) in [5, 5.41) is 4.75. The van der Waals surface area contributed by atoms with Gasteiger partial charge in [0.05, 0.1) is 0 Å². The van der Waals surface area contributed by atoms with Crippen molar-refractivity contribution in [3.05, 3.63) is 40.9 Å². The number of carbonyl (C=O) groups excluding carboxylic acids is 2. The van der Waals surface area contributed by atoms with Crippen LogP contribution in [0.3, 0.4) is 0 Å². The lowest BCUT2D eigenvalue weighted by Crippen LogP contribution is -2.38. The third-order valence-corrected chi connectivity index (χ3v) is 2.71. The first-order chi connectivity index (χ1) is 10.3. The summed E-state index contributed by atoms with van der Waals surface area (Å²) < 4.78 is 35.6. The zero-order valence-corrected chi connectivity index (χ0v) is 12.2. The van der Waals surface area contributed by atoms with Crippen molar-refractivity contribution in [3.63, 3.8) is 0 Å². The first-order valence-electron chi connectivity index (χ1n) is 6.35. The number of alkyl halides is 3. The fourth-order valence-corrected chi connectivity index (χ4v) is 1.64. The van der Waals surface area contributed by atoms with Gasteiger partial charge in [-0.05, 0) is 30.2 Å². The fourth-order valence-electron chi connectivity index (χ4n) is 1.44. The van der Waals surface area contributed by atoms with Gasteiger partial charge in [-0.2, -0.15) is 13.2 Å². The topological polar surface area (TPSA) is 58.2 Å². The molecule has 0 atom stereocenters. The first-order valence-corrected chi connectivity index (χ1v) is 6.73. The standard InChI is InChI=1S/C14H14ClF3N2O2/c15-11-4-1-3-10(9-11)5-6-12(21)19-7-2-8-20-13(22)14(16,17)18/h1,3-6,9H,2,7-8H2,(H,19,21)(H,20,22)/b6-5+. The van der Waals surface area contributed by atoms with Gasteiger partial charge in [-0.15, -0.1) is 0 Å². The van der Waals surface area contributed by atoms with Crippen molar-refractivity contribution < 1.29 is 22.8 Å². The monoisotopic (exact) mass is 334 g/mol. The van der Waals surface area contributed by atoms with E-state index in [4.69, 9.17) is 11.6 Å². The number of amides is 2. The molecule has 0 radical (unpaired) electrons. The van der Waals surface area contributed by atoms with Crippen LogP contribution >= 0.6 is 11.6 Å². The molecule has 0 saturated carbocycles. The number of hydrogen-bond acceptors (Lipinski definition) is 2. The Morgan fingerprint density at radius 2 is 1.86 bits per heavy atom. The number of hydrogen-bond donors (Lipinski definition) is 2. The van der Waals surface area contributed by atoms with Gasteiger partial charge < -0.3 is 10.6 Å². The van der Waals surface area contributed by atoms with Crippen molar-refractivity contribution in [2.45, 2.75) is 12.6 Å². The minimum atomic E-state index is -4.89. The molecule has 0 saturated heterocycles. The molecule has 0 unspecified atom stereocenters. The maximum Gasteiger partial charge on any atom is 0.471 e. The van der Waals surface area contributed by atoms with Crippen LogP contribution in [0.4, 0.5) is 13.2 Å². The molecule has 120 valence electrons. The highest BCUT2D eigenvalue weighted by Crippen LogP contribution is 2.13. The molecule has 4 nitrogen and oxygen atoms in total. The van der Waals surface area contributed by atoms with Crippen molar-refractivity contribution in [2.75, 3.05) is 13.1 Å². The Balaban J connectivity index is 2.23. The summed E-state index contributed by atoms with van der Waals surface area (Å²) in [5.41, 5.74) is 0.750. The van der Waals surface area contributed by atoms with Crippen LogP contribution in [0.2, 0.25) is 5.02 Å². The Bertz CT molecular complexity index is 559. The zero-order chi connectivity index (χ0) is 16.6. The molecule has 0 spiro atoms. The molecular formula is C14H14ClF3N2O2. The Kier molecular flexibility index (Phi) is 6.91. The van der Waals surface area contributed by atoms with Crippen molar-refractivity contribution in [2.24, 2.45) is 0 Å². The van der Waals surface area contributed by atoms with Crippen LogP contribution in [0.5, 0.6) is 0 Å². The fraction of sp³-hybridized carbons (Fsp3) is 0.286. The summed E-state index contributed by atoms with van der Waals surface area (Å²) in [5.74, 6) is -2.37. The lowest BCUT2D eigenvalue weighted by atomic mass is 10.2. The molecule has 0 fully saturated rings. The molecule has 2 amide bonds. The lowest BCUT2D eigenvalue weighted by Gasteiger charge is -2.07. The molecule has 2 N–H and O–H groups in total. The molecule has 1 rings (SSSR count). The Hall–Kier alpha value is -2.02. The van der Waals surface area contributed by atoms with E-state index in [1.54, 1.807) is 35.7 Å². The quantitative estimate of drug-likeness (QED) is 0.620. The summed E-state index contributed by atoms with van der Waals surface area (Å²) in [6, 6.07) is 6.89. The van der Waals surface area contributed by atoms with Crippen molar-refractivity contribution in [3.8, 4) is 0 Å². The van der Waals surface area contributed by atoms with Gasteiger partial charge in [-0.3, -0.25) is 9.59 Å². The van der Waals surface area contributed by atoms with Crippen molar-refractivity contribution in [1.29, 1.82) is 0 Å². The highest BCUT2D eigenvalue weighted by Gasteiger charge is 2.38. The van der Waals surface area contributed by atoms with Crippen molar-refractivity contribution >= 4 is 29.5 Å². The molecule has 0 aliphatic carbocycles. The van der Waals surface area contributed by atoms with Crippen LogP contribution in [0.15, 0.2) is 30.3 Å². The van der Waals surface area contributed by atoms with E-state index in [1.165, 1.54) is 6.08 Å². The lowest BCUT2D eigenvalue weighted by molar-refractivity contribution is -0.173. The van der Waals surface area contributed by atoms with E-state index in [0.29, 0.717) is 5.02 Å². The number of halogens is 4. The molecule has 1 aromatic rings. The molecule has 0 aromatic heterocycles. The van der Waals surface area contributed by atoms with Gasteiger partial charge in [0.1, 0.15) is 0 Å². The maximum atomic E-state index is 11.9. The molecule has 1 aromatic carbocycles. The number of rotatable bonds is 6. The molecular weight excluding hydrogens is 321 g/mol. The SMILES string of the molecule is O=C(/C=C/c1cccc(Cl)c1)NCCCNC(=O)C(F)(F)F. The highest BCUT2D eigenvalue weighted by molar-refractivity contribution is 6.30. The van der Waals surface area contributed by atoms with Crippen LogP contribution in [-0.2, 0) is 9.59 Å². The van der Waals surface area contributed by atoms with Gasteiger partial charge in [0.15, 0.2) is 0 Å². The maximum absolute atomic E-state index is 11.9. The molecule has 0 heterocycles. The van der Waals surface area contributed by atoms with Gasteiger partial charge in [0.25, 0.3) is 0 Å². The van der Waals surface area contributed by atoms with Crippen LogP contribution < -0.4 is 10.6 Å². The van der Waals surface area contributed by atoms with E-state index in [1.807, 2.05) is 0 Å². The van der Waals surface area contributed by atoms with Gasteiger partial charge in [-0.25, -0.2) is 0 Å². The third-order valence-electron chi connectivity index (χ3n) is 2.47. The van der Waals surface area contributed by atoms with E-state index in [2.05, 4.69) is 5.32 Å². The Labute approximate surface area is 130 Å². The summed E-state index contributed by atoms with van der Waals surface area (Å²) in [7, 11) is 0. The van der Waals surface area contributed by atoms with Crippen molar-refractivity contribution in [1.82, 2.24) is 10.6 Å². The van der Waals surface area contributed by atoms with Gasteiger partial charge >= 0.3 is 12.1 Å². The van der Waals surface area contributed by atoms with E-state index in [-0.39, 0.29) is 25.4 Å². The average molecular weight is 335 g/mol. The minimum Gasteiger partial charge on any atom is -0.352 e. The van der Waals surface area contributed by atoms with Crippen LogP contribution in [0, 0.1) is 0 Å². The summed E-state index contributed by atoms with van der Waals surface area (Å²) >= 11 is 5.79. The molecule has 0 aliphatic rings. The second-order valence-electron chi connectivity index (χ2n) is 4.29. The minimum absolute atomic E-state index is 0.150. The first kappa shape index (κ1) is 18.0. The largest absolute Gasteiger partial charge is 0.471 e. The molecule has 8 heteroatoms. The Morgan fingerprint density at radius 1 is 1.18 bits per heavy atom. The van der Waals surface area contributed by atoms with Crippen LogP contribution in [0.1, 0.15) is 12.0 Å². The second-order valence-corrected chi connectivity index (χ2v) is 4.72. The van der Waals surface area contributed by atoms with Gasteiger partial charge in [-0.1, -0.05) is 23.7 Å². The van der Waals surface area contributed by atoms with Crippen LogP contribution in [0.25, 0.3) is 6.08 Å². The Morgan fingerprint density at radius 3 is 2.50 bits per heavy atom. The number of nitrogens with one attached hydrogen (secondary N) is 2. The predicted molar refractivity (Wildman–Crippen MR) is 77.2 cm³/mol. The zero-order valence-electron chi connectivity index (χ0n) is 11.4. The summed E-state index contributed by atoms with van der Waals surface area (Å²) in [4.78, 5) is 22.0.